The van der Waals surface area contributed by atoms with E-state index in [2.05, 4.69) is 12.2 Å². The van der Waals surface area contributed by atoms with Crippen molar-refractivity contribution < 1.29 is 9.59 Å². The van der Waals surface area contributed by atoms with E-state index in [1.807, 2.05) is 11.8 Å². The fraction of sp³-hybridized carbons (Fsp3) is 0.875. The highest BCUT2D eigenvalue weighted by Crippen LogP contribution is 2.42. The maximum Gasteiger partial charge on any atom is 0.249 e. The molecular formula is C16H26N2O2. The SMILES string of the molecule is CCC1CCC(N2CC(=O)NC(C)(C3CC3)C2=O)CC1. The Labute approximate surface area is 121 Å². The molecule has 0 aromatic carbocycles. The van der Waals surface area contributed by atoms with Crippen LogP contribution in [0.5, 0.6) is 0 Å². The van der Waals surface area contributed by atoms with Crippen molar-refractivity contribution in [1.82, 2.24) is 10.2 Å². The normalized spacial score (nSPS) is 38.8. The smallest absolute Gasteiger partial charge is 0.249 e. The second-order valence-corrected chi connectivity index (χ2v) is 7.04. The van der Waals surface area contributed by atoms with Crippen LogP contribution in [0.3, 0.4) is 0 Å². The molecule has 2 saturated carbocycles. The summed E-state index contributed by atoms with van der Waals surface area (Å²) in [6.07, 6.45) is 7.91. The maximum atomic E-state index is 12.8. The van der Waals surface area contributed by atoms with Crippen molar-refractivity contribution in [3.05, 3.63) is 0 Å². The molecule has 1 heterocycles. The van der Waals surface area contributed by atoms with Crippen LogP contribution in [0.2, 0.25) is 0 Å². The van der Waals surface area contributed by atoms with Gasteiger partial charge in [0, 0.05) is 6.04 Å². The minimum Gasteiger partial charge on any atom is -0.340 e. The molecule has 1 atom stereocenters. The Morgan fingerprint density at radius 2 is 1.80 bits per heavy atom. The monoisotopic (exact) mass is 278 g/mol. The van der Waals surface area contributed by atoms with Crippen LogP contribution >= 0.6 is 0 Å². The Balaban J connectivity index is 1.72. The van der Waals surface area contributed by atoms with Gasteiger partial charge < -0.3 is 10.2 Å². The van der Waals surface area contributed by atoms with Gasteiger partial charge in [0.05, 0.1) is 6.54 Å². The highest BCUT2D eigenvalue weighted by Gasteiger charge is 2.53. The Hall–Kier alpha value is -1.06. The molecule has 1 N–H and O–H groups in total. The summed E-state index contributed by atoms with van der Waals surface area (Å²) in [4.78, 5) is 26.8. The number of piperazine rings is 1. The molecular weight excluding hydrogens is 252 g/mol. The maximum absolute atomic E-state index is 12.8. The third-order valence-corrected chi connectivity index (χ3v) is 5.65. The number of hydrogen-bond donors (Lipinski definition) is 1. The van der Waals surface area contributed by atoms with Crippen LogP contribution in [0.15, 0.2) is 0 Å². The molecule has 2 aliphatic carbocycles. The van der Waals surface area contributed by atoms with Crippen LogP contribution in [0, 0.1) is 11.8 Å². The van der Waals surface area contributed by atoms with Crippen LogP contribution in [0.1, 0.15) is 58.8 Å². The number of nitrogens with one attached hydrogen (secondary N) is 1. The summed E-state index contributed by atoms with van der Waals surface area (Å²) in [5.41, 5.74) is -0.628. The third-order valence-electron chi connectivity index (χ3n) is 5.65. The van der Waals surface area contributed by atoms with Gasteiger partial charge in [-0.15, -0.1) is 0 Å². The second-order valence-electron chi connectivity index (χ2n) is 7.04. The number of carbonyl (C=O) groups excluding carboxylic acids is 2. The number of nitrogens with zero attached hydrogens (tertiary/aromatic N) is 1. The largest absolute Gasteiger partial charge is 0.340 e. The first-order valence-corrected chi connectivity index (χ1v) is 8.16. The lowest BCUT2D eigenvalue weighted by Gasteiger charge is -2.45. The average molecular weight is 278 g/mol. The van der Waals surface area contributed by atoms with Crippen LogP contribution in [-0.4, -0.2) is 34.8 Å². The van der Waals surface area contributed by atoms with E-state index in [1.54, 1.807) is 0 Å². The van der Waals surface area contributed by atoms with Gasteiger partial charge in [-0.2, -0.15) is 0 Å². The third kappa shape index (κ3) is 2.33. The van der Waals surface area contributed by atoms with Crippen molar-refractivity contribution in [2.24, 2.45) is 11.8 Å². The van der Waals surface area contributed by atoms with Crippen LogP contribution in [-0.2, 0) is 9.59 Å². The summed E-state index contributed by atoms with van der Waals surface area (Å²) >= 11 is 0. The molecule has 3 aliphatic rings. The van der Waals surface area contributed by atoms with Gasteiger partial charge >= 0.3 is 0 Å². The summed E-state index contributed by atoms with van der Waals surface area (Å²) < 4.78 is 0. The van der Waals surface area contributed by atoms with E-state index in [4.69, 9.17) is 0 Å². The Bertz CT molecular complexity index is 411. The van der Waals surface area contributed by atoms with E-state index in [-0.39, 0.29) is 24.4 Å². The quantitative estimate of drug-likeness (QED) is 0.859. The number of amides is 2. The molecule has 0 bridgehead atoms. The number of rotatable bonds is 3. The second kappa shape index (κ2) is 5.05. The van der Waals surface area contributed by atoms with Crippen LogP contribution < -0.4 is 5.32 Å². The van der Waals surface area contributed by atoms with Crippen molar-refractivity contribution in [3.63, 3.8) is 0 Å². The summed E-state index contributed by atoms with van der Waals surface area (Å²) in [7, 11) is 0. The zero-order chi connectivity index (χ0) is 14.3. The molecule has 0 radical (unpaired) electrons. The highest BCUT2D eigenvalue weighted by molar-refractivity contribution is 5.98. The van der Waals surface area contributed by atoms with E-state index in [0.717, 1.165) is 31.6 Å². The molecule has 20 heavy (non-hydrogen) atoms. The Morgan fingerprint density at radius 3 is 2.35 bits per heavy atom. The fourth-order valence-corrected chi connectivity index (χ4v) is 4.00. The van der Waals surface area contributed by atoms with Gasteiger partial charge in [-0.05, 0) is 57.3 Å². The molecule has 1 saturated heterocycles. The first kappa shape index (κ1) is 13.9. The Morgan fingerprint density at radius 1 is 1.15 bits per heavy atom. The lowest BCUT2D eigenvalue weighted by Crippen LogP contribution is -2.68. The lowest BCUT2D eigenvalue weighted by atomic mass is 9.82. The highest BCUT2D eigenvalue weighted by atomic mass is 16.2. The molecule has 0 aromatic heterocycles. The molecule has 4 nitrogen and oxygen atoms in total. The summed E-state index contributed by atoms with van der Waals surface area (Å²) in [5, 5.41) is 2.96. The van der Waals surface area contributed by atoms with Gasteiger partial charge in [0.25, 0.3) is 0 Å². The standard InChI is InChI=1S/C16H26N2O2/c1-3-11-4-8-13(9-5-11)18-10-14(19)17-16(2,15(18)20)12-6-7-12/h11-13H,3-10H2,1-2H3,(H,17,19). The average Bonchev–Trinajstić information content (AvgIpc) is 3.28. The van der Waals surface area contributed by atoms with Crippen molar-refractivity contribution in [2.45, 2.75) is 70.4 Å². The minimum absolute atomic E-state index is 0.0246. The van der Waals surface area contributed by atoms with E-state index in [9.17, 15) is 9.59 Å². The van der Waals surface area contributed by atoms with Gasteiger partial charge in [-0.1, -0.05) is 13.3 Å². The molecule has 4 heteroatoms. The van der Waals surface area contributed by atoms with E-state index in [1.165, 1.54) is 19.3 Å². The predicted molar refractivity (Wildman–Crippen MR) is 77.0 cm³/mol. The van der Waals surface area contributed by atoms with Crippen molar-refractivity contribution >= 4 is 11.8 Å². The fourth-order valence-electron chi connectivity index (χ4n) is 4.00. The zero-order valence-electron chi connectivity index (χ0n) is 12.7. The van der Waals surface area contributed by atoms with E-state index in [0.29, 0.717) is 5.92 Å². The number of hydrogen-bond acceptors (Lipinski definition) is 2. The first-order valence-electron chi connectivity index (χ1n) is 8.16. The molecule has 1 aliphatic heterocycles. The van der Waals surface area contributed by atoms with Crippen molar-refractivity contribution in [1.29, 1.82) is 0 Å². The lowest BCUT2D eigenvalue weighted by molar-refractivity contribution is -0.153. The van der Waals surface area contributed by atoms with Gasteiger partial charge in [0.1, 0.15) is 5.54 Å². The Kier molecular flexibility index (Phi) is 3.51. The molecule has 0 aromatic rings. The molecule has 3 rings (SSSR count). The summed E-state index contributed by atoms with van der Waals surface area (Å²) in [6.45, 7) is 4.44. The number of carbonyl (C=O) groups is 2. The summed E-state index contributed by atoms with van der Waals surface area (Å²) in [5.74, 6) is 1.36. The first-order chi connectivity index (χ1) is 9.54. The molecule has 112 valence electrons. The molecule has 3 fully saturated rings. The van der Waals surface area contributed by atoms with E-state index >= 15 is 0 Å². The molecule has 0 spiro atoms. The van der Waals surface area contributed by atoms with Gasteiger partial charge in [-0.25, -0.2) is 0 Å². The van der Waals surface area contributed by atoms with Crippen molar-refractivity contribution in [3.8, 4) is 0 Å². The zero-order valence-corrected chi connectivity index (χ0v) is 12.7. The summed E-state index contributed by atoms with van der Waals surface area (Å²) in [6, 6.07) is 0.287. The van der Waals surface area contributed by atoms with Crippen LogP contribution in [0.25, 0.3) is 0 Å². The van der Waals surface area contributed by atoms with Gasteiger partial charge in [0.2, 0.25) is 11.8 Å². The van der Waals surface area contributed by atoms with Crippen molar-refractivity contribution in [2.75, 3.05) is 6.54 Å². The van der Waals surface area contributed by atoms with Crippen LogP contribution in [0.4, 0.5) is 0 Å². The predicted octanol–water partition coefficient (Wildman–Crippen LogP) is 2.08. The molecule has 1 unspecified atom stereocenters. The van der Waals surface area contributed by atoms with E-state index < -0.39 is 5.54 Å². The topological polar surface area (TPSA) is 49.4 Å². The van der Waals surface area contributed by atoms with Gasteiger partial charge in [0.15, 0.2) is 0 Å². The minimum atomic E-state index is -0.628. The van der Waals surface area contributed by atoms with Gasteiger partial charge in [-0.3, -0.25) is 9.59 Å². The molecule has 2 amide bonds.